The second-order valence-corrected chi connectivity index (χ2v) is 10.0. The van der Waals surface area contributed by atoms with Crippen LogP contribution in [0.2, 0.25) is 5.02 Å². The lowest BCUT2D eigenvalue weighted by Crippen LogP contribution is -2.36. The molecule has 1 heterocycles. The number of carbonyl (C=O) groups excluding carboxylic acids is 3. The molecule has 0 atom stereocenters. The third kappa shape index (κ3) is 6.41. The van der Waals surface area contributed by atoms with E-state index < -0.39 is 22.9 Å². The molecule has 3 aromatic carbocycles. The van der Waals surface area contributed by atoms with Gasteiger partial charge in [-0.05, 0) is 94.5 Å². The predicted octanol–water partition coefficient (Wildman–Crippen LogP) is 6.34. The van der Waals surface area contributed by atoms with E-state index in [2.05, 4.69) is 27.9 Å². The monoisotopic (exact) mass is 622 g/mol. The van der Waals surface area contributed by atoms with Crippen molar-refractivity contribution in [2.24, 2.45) is 0 Å². The van der Waals surface area contributed by atoms with Gasteiger partial charge >= 0.3 is 0 Å². The Kier molecular flexibility index (Phi) is 8.09. The van der Waals surface area contributed by atoms with Crippen molar-refractivity contribution in [3.63, 3.8) is 0 Å². The summed E-state index contributed by atoms with van der Waals surface area (Å²) in [5.74, 6) is -1.05. The number of hydrogen-bond acceptors (Lipinski definition) is 5. The normalized spacial score (nSPS) is 14.5. The number of anilines is 1. The summed E-state index contributed by atoms with van der Waals surface area (Å²) >= 11 is 8.94. The Balaban J connectivity index is 1.41. The molecule has 10 heteroatoms. The van der Waals surface area contributed by atoms with Crippen molar-refractivity contribution in [1.82, 2.24) is 4.90 Å². The summed E-state index contributed by atoms with van der Waals surface area (Å²) in [6, 6.07) is 18.3. The number of hydrogen-bond donors (Lipinski definition) is 1. The van der Waals surface area contributed by atoms with Crippen LogP contribution in [0.5, 0.6) is 5.75 Å². The van der Waals surface area contributed by atoms with Gasteiger partial charge in [-0.2, -0.15) is 0 Å². The minimum absolute atomic E-state index is 0.0683. The van der Waals surface area contributed by atoms with E-state index in [0.29, 0.717) is 17.0 Å². The molecular weight excluding hydrogens is 606 g/mol. The number of thioether (sulfide) groups is 1. The van der Waals surface area contributed by atoms with Crippen LogP contribution in [-0.4, -0.2) is 28.5 Å². The van der Waals surface area contributed by atoms with E-state index in [9.17, 15) is 18.8 Å². The molecule has 1 saturated heterocycles. The molecule has 4 rings (SSSR count). The van der Waals surface area contributed by atoms with Crippen molar-refractivity contribution in [3.8, 4) is 5.75 Å². The number of nitrogens with one attached hydrogen (secondary N) is 1. The van der Waals surface area contributed by atoms with Crippen LogP contribution >= 0.6 is 46.0 Å². The van der Waals surface area contributed by atoms with Crippen molar-refractivity contribution < 1.29 is 23.5 Å². The fraction of sp³-hybridized carbons (Fsp3) is 0.0800. The van der Waals surface area contributed by atoms with Gasteiger partial charge in [0.2, 0.25) is 5.91 Å². The Bertz CT molecular complexity index is 1310. The number of amides is 3. The molecule has 1 fully saturated rings. The molecule has 1 aliphatic heterocycles. The van der Waals surface area contributed by atoms with Crippen molar-refractivity contribution in [2.75, 3.05) is 11.9 Å². The molecule has 0 bridgehead atoms. The van der Waals surface area contributed by atoms with Crippen LogP contribution in [0.3, 0.4) is 0 Å². The predicted molar refractivity (Wildman–Crippen MR) is 143 cm³/mol. The molecule has 178 valence electrons. The largest absolute Gasteiger partial charge is 0.489 e. The fourth-order valence-electron chi connectivity index (χ4n) is 3.18. The Hall–Kier alpha value is -2.89. The molecule has 0 aliphatic carbocycles. The van der Waals surface area contributed by atoms with E-state index in [4.69, 9.17) is 16.3 Å². The van der Waals surface area contributed by atoms with Gasteiger partial charge in [-0.25, -0.2) is 4.39 Å². The lowest BCUT2D eigenvalue weighted by atomic mass is 10.2. The van der Waals surface area contributed by atoms with Crippen LogP contribution in [0.1, 0.15) is 11.1 Å². The van der Waals surface area contributed by atoms with Gasteiger partial charge in [-0.3, -0.25) is 19.3 Å². The zero-order chi connectivity index (χ0) is 24.9. The first kappa shape index (κ1) is 25.2. The second kappa shape index (κ2) is 11.2. The molecule has 6 nitrogen and oxygen atoms in total. The molecule has 0 aromatic heterocycles. The van der Waals surface area contributed by atoms with Crippen LogP contribution in [0.15, 0.2) is 71.6 Å². The molecule has 0 saturated carbocycles. The minimum atomic E-state index is -0.554. The Labute approximate surface area is 223 Å². The molecule has 0 radical (unpaired) electrons. The van der Waals surface area contributed by atoms with Crippen LogP contribution in [0, 0.1) is 9.39 Å². The highest BCUT2D eigenvalue weighted by Gasteiger charge is 2.36. The van der Waals surface area contributed by atoms with E-state index >= 15 is 0 Å². The summed E-state index contributed by atoms with van der Waals surface area (Å²) in [5, 5.41) is 2.41. The highest BCUT2D eigenvalue weighted by molar-refractivity contribution is 14.1. The standard InChI is InChI=1S/C25H17ClFIN2O4S/c26-20-5-2-6-21(27)19(20)14-34-18-4-1-3-15(11-18)12-22-24(32)30(25(33)35-22)13-23(31)29-17-9-7-16(28)8-10-17/h1-12H,13-14H2,(H,29,31)/b22-12+. The van der Waals surface area contributed by atoms with Gasteiger partial charge < -0.3 is 10.1 Å². The van der Waals surface area contributed by atoms with Crippen LogP contribution in [0.25, 0.3) is 6.08 Å². The highest BCUT2D eigenvalue weighted by Crippen LogP contribution is 2.32. The van der Waals surface area contributed by atoms with Crippen molar-refractivity contribution in [3.05, 3.63) is 97.2 Å². The van der Waals surface area contributed by atoms with Gasteiger partial charge in [0, 0.05) is 14.8 Å². The van der Waals surface area contributed by atoms with E-state index in [-0.39, 0.29) is 28.6 Å². The summed E-state index contributed by atoms with van der Waals surface area (Å²) in [4.78, 5) is 38.6. The number of imide groups is 1. The summed E-state index contributed by atoms with van der Waals surface area (Å²) in [6.45, 7) is -0.457. The van der Waals surface area contributed by atoms with Gasteiger partial charge in [0.25, 0.3) is 11.1 Å². The first-order chi connectivity index (χ1) is 16.8. The number of halogens is 3. The number of carbonyl (C=O) groups is 3. The van der Waals surface area contributed by atoms with E-state index in [1.165, 1.54) is 12.1 Å². The van der Waals surface area contributed by atoms with Crippen LogP contribution in [0.4, 0.5) is 14.9 Å². The average Bonchev–Trinajstić information content (AvgIpc) is 3.08. The zero-order valence-electron chi connectivity index (χ0n) is 18.0. The number of benzene rings is 3. The second-order valence-electron chi connectivity index (χ2n) is 7.38. The van der Waals surface area contributed by atoms with E-state index in [0.717, 1.165) is 20.2 Å². The van der Waals surface area contributed by atoms with Crippen LogP contribution < -0.4 is 10.1 Å². The van der Waals surface area contributed by atoms with Gasteiger partial charge in [0.1, 0.15) is 24.7 Å². The zero-order valence-corrected chi connectivity index (χ0v) is 21.7. The Morgan fingerprint density at radius 2 is 1.86 bits per heavy atom. The lowest BCUT2D eigenvalue weighted by molar-refractivity contribution is -0.127. The third-order valence-corrected chi connectivity index (χ3v) is 6.88. The molecule has 0 spiro atoms. The topological polar surface area (TPSA) is 75.7 Å². The van der Waals surface area contributed by atoms with Crippen molar-refractivity contribution in [2.45, 2.75) is 6.61 Å². The van der Waals surface area contributed by atoms with Gasteiger partial charge in [0.15, 0.2) is 0 Å². The SMILES string of the molecule is O=C(CN1C(=O)S/C(=C/c2cccc(OCc3c(F)cccc3Cl)c2)C1=O)Nc1ccc(I)cc1. The first-order valence-corrected chi connectivity index (χ1v) is 12.5. The minimum Gasteiger partial charge on any atom is -0.489 e. The Morgan fingerprint density at radius 3 is 2.60 bits per heavy atom. The highest BCUT2D eigenvalue weighted by atomic mass is 127. The quantitative estimate of drug-likeness (QED) is 0.246. The molecule has 35 heavy (non-hydrogen) atoms. The van der Waals surface area contributed by atoms with E-state index in [1.54, 1.807) is 48.5 Å². The van der Waals surface area contributed by atoms with Gasteiger partial charge in [-0.1, -0.05) is 29.8 Å². The van der Waals surface area contributed by atoms with Crippen LogP contribution in [-0.2, 0) is 16.2 Å². The molecule has 1 aliphatic rings. The number of ether oxygens (including phenoxy) is 1. The first-order valence-electron chi connectivity index (χ1n) is 10.3. The average molecular weight is 623 g/mol. The summed E-state index contributed by atoms with van der Waals surface area (Å²) in [5.41, 5.74) is 1.42. The molecule has 0 unspecified atom stereocenters. The summed E-state index contributed by atoms with van der Waals surface area (Å²) < 4.78 is 20.7. The maximum absolute atomic E-state index is 14.0. The molecule has 3 amide bonds. The summed E-state index contributed by atoms with van der Waals surface area (Å²) in [7, 11) is 0. The van der Waals surface area contributed by atoms with Gasteiger partial charge in [-0.15, -0.1) is 0 Å². The number of nitrogens with zero attached hydrogens (tertiary/aromatic N) is 1. The molecule has 1 N–H and O–H groups in total. The lowest BCUT2D eigenvalue weighted by Gasteiger charge is -2.12. The maximum Gasteiger partial charge on any atom is 0.294 e. The smallest absolute Gasteiger partial charge is 0.294 e. The third-order valence-electron chi connectivity index (χ3n) is 4.90. The summed E-state index contributed by atoms with van der Waals surface area (Å²) in [6.07, 6.45) is 1.55. The number of rotatable bonds is 7. The van der Waals surface area contributed by atoms with Crippen molar-refractivity contribution in [1.29, 1.82) is 0 Å². The van der Waals surface area contributed by atoms with E-state index in [1.807, 2.05) is 12.1 Å². The Morgan fingerprint density at radius 1 is 1.11 bits per heavy atom. The van der Waals surface area contributed by atoms with Gasteiger partial charge in [0.05, 0.1) is 9.93 Å². The maximum atomic E-state index is 14.0. The van der Waals surface area contributed by atoms with Crippen molar-refractivity contribution >= 4 is 74.8 Å². The fourth-order valence-corrected chi connectivity index (χ4v) is 4.60. The molecule has 3 aromatic rings. The molecular formula is C25H17ClFIN2O4S.